The Hall–Kier alpha value is -2.50. The maximum atomic E-state index is 11.4. The highest BCUT2D eigenvalue weighted by atomic mass is 16.5. The predicted octanol–water partition coefficient (Wildman–Crippen LogP) is 1.60. The minimum Gasteiger partial charge on any atom is -0.490 e. The first kappa shape index (κ1) is 12.5. The molecule has 2 amide bonds. The van der Waals surface area contributed by atoms with Gasteiger partial charge in [0.15, 0.2) is 0 Å². The number of aromatic nitrogens is 1. The topological polar surface area (TPSA) is 100 Å². The molecule has 2 aromatic rings. The maximum absolute atomic E-state index is 11.4. The smallest absolute Gasteiger partial charge is 0.323 e. The van der Waals surface area contributed by atoms with E-state index in [0.717, 1.165) is 12.8 Å². The van der Waals surface area contributed by atoms with Crippen molar-refractivity contribution in [1.82, 2.24) is 4.57 Å². The molecule has 1 aliphatic rings. The van der Waals surface area contributed by atoms with E-state index in [1.165, 1.54) is 17.2 Å². The summed E-state index contributed by atoms with van der Waals surface area (Å²) in [7, 11) is 0. The fourth-order valence-electron chi connectivity index (χ4n) is 2.34. The van der Waals surface area contributed by atoms with Crippen LogP contribution in [0.2, 0.25) is 0 Å². The molecule has 0 spiro atoms. The van der Waals surface area contributed by atoms with Gasteiger partial charge in [-0.1, -0.05) is 0 Å². The first-order valence-corrected chi connectivity index (χ1v) is 6.47. The summed E-state index contributed by atoms with van der Waals surface area (Å²) in [6.45, 7) is 0. The molecule has 104 valence electrons. The number of fused-ring (bicyclic) bond motifs is 1. The van der Waals surface area contributed by atoms with Crippen molar-refractivity contribution in [1.29, 1.82) is 0 Å². The summed E-state index contributed by atoms with van der Waals surface area (Å²) >= 11 is 0. The van der Waals surface area contributed by atoms with Crippen LogP contribution >= 0.6 is 0 Å². The average Bonchev–Trinajstić information content (AvgIpc) is 2.72. The SMILES string of the molecule is NC(=O)c1cn(C(N)=O)c2cc(OC3CCC3)ccc12. The van der Waals surface area contributed by atoms with E-state index in [2.05, 4.69) is 0 Å². The molecule has 1 fully saturated rings. The molecule has 6 heteroatoms. The number of hydrogen-bond acceptors (Lipinski definition) is 3. The van der Waals surface area contributed by atoms with Gasteiger partial charge in [-0.05, 0) is 31.4 Å². The number of hydrogen-bond donors (Lipinski definition) is 2. The van der Waals surface area contributed by atoms with Crippen LogP contribution in [0.15, 0.2) is 24.4 Å². The molecule has 0 radical (unpaired) electrons. The fourth-order valence-corrected chi connectivity index (χ4v) is 2.34. The van der Waals surface area contributed by atoms with Crippen molar-refractivity contribution < 1.29 is 14.3 Å². The van der Waals surface area contributed by atoms with E-state index in [-0.39, 0.29) is 11.7 Å². The quantitative estimate of drug-likeness (QED) is 0.888. The number of benzene rings is 1. The maximum Gasteiger partial charge on any atom is 0.323 e. The third-order valence-electron chi connectivity index (χ3n) is 3.63. The van der Waals surface area contributed by atoms with Crippen LogP contribution in [-0.2, 0) is 0 Å². The van der Waals surface area contributed by atoms with Crippen LogP contribution in [-0.4, -0.2) is 22.6 Å². The van der Waals surface area contributed by atoms with Gasteiger partial charge in [0.2, 0.25) is 0 Å². The van der Waals surface area contributed by atoms with Gasteiger partial charge in [-0.3, -0.25) is 9.36 Å². The summed E-state index contributed by atoms with van der Waals surface area (Å²) in [5, 5.41) is 0.595. The van der Waals surface area contributed by atoms with Gasteiger partial charge in [-0.2, -0.15) is 0 Å². The molecule has 1 aliphatic carbocycles. The summed E-state index contributed by atoms with van der Waals surface area (Å²) in [4.78, 5) is 22.8. The largest absolute Gasteiger partial charge is 0.490 e. The molecular formula is C14H15N3O3. The van der Waals surface area contributed by atoms with Crippen molar-refractivity contribution in [3.05, 3.63) is 30.0 Å². The Kier molecular flexibility index (Phi) is 2.85. The standard InChI is InChI=1S/C14H15N3O3/c15-13(18)11-7-17(14(16)19)12-6-9(4-5-10(11)12)20-8-2-1-3-8/h4-8H,1-3H2,(H2,15,18)(H2,16,19). The second kappa shape index (κ2) is 4.56. The Labute approximate surface area is 115 Å². The number of nitrogens with zero attached hydrogens (tertiary/aromatic N) is 1. The van der Waals surface area contributed by atoms with Crippen LogP contribution in [0.25, 0.3) is 10.9 Å². The van der Waals surface area contributed by atoms with Gasteiger partial charge in [0, 0.05) is 17.6 Å². The van der Waals surface area contributed by atoms with E-state index in [1.54, 1.807) is 18.2 Å². The van der Waals surface area contributed by atoms with Crippen LogP contribution in [0.4, 0.5) is 4.79 Å². The van der Waals surface area contributed by atoms with Gasteiger partial charge in [0.1, 0.15) is 5.75 Å². The number of amides is 2. The van der Waals surface area contributed by atoms with Crippen molar-refractivity contribution in [2.75, 3.05) is 0 Å². The second-order valence-corrected chi connectivity index (χ2v) is 4.96. The van der Waals surface area contributed by atoms with Crippen molar-refractivity contribution in [3.8, 4) is 5.75 Å². The molecule has 0 saturated heterocycles. The van der Waals surface area contributed by atoms with E-state index in [0.29, 0.717) is 16.7 Å². The normalized spacial score (nSPS) is 15.0. The second-order valence-electron chi connectivity index (χ2n) is 4.96. The van der Waals surface area contributed by atoms with Crippen LogP contribution < -0.4 is 16.2 Å². The minimum atomic E-state index is -0.664. The lowest BCUT2D eigenvalue weighted by molar-refractivity contribution is 0.100. The number of carbonyl (C=O) groups excluding carboxylic acids is 2. The zero-order chi connectivity index (χ0) is 14.3. The third kappa shape index (κ3) is 1.99. The van der Waals surface area contributed by atoms with Crippen molar-refractivity contribution in [3.63, 3.8) is 0 Å². The fraction of sp³-hybridized carbons (Fsp3) is 0.286. The molecule has 20 heavy (non-hydrogen) atoms. The molecule has 0 bridgehead atoms. The van der Waals surface area contributed by atoms with Gasteiger partial charge in [-0.15, -0.1) is 0 Å². The molecular weight excluding hydrogens is 258 g/mol. The van der Waals surface area contributed by atoms with Gasteiger partial charge in [-0.25, -0.2) is 4.79 Å². The summed E-state index contributed by atoms with van der Waals surface area (Å²) in [6, 6.07) is 4.55. The van der Waals surface area contributed by atoms with Gasteiger partial charge in [0.05, 0.1) is 17.2 Å². The van der Waals surface area contributed by atoms with E-state index < -0.39 is 11.9 Å². The van der Waals surface area contributed by atoms with E-state index in [9.17, 15) is 9.59 Å². The number of nitrogens with two attached hydrogens (primary N) is 2. The van der Waals surface area contributed by atoms with Crippen LogP contribution in [0.3, 0.4) is 0 Å². The Morgan fingerprint density at radius 2 is 2.00 bits per heavy atom. The molecule has 4 N–H and O–H groups in total. The molecule has 0 unspecified atom stereocenters. The van der Waals surface area contributed by atoms with Crippen molar-refractivity contribution in [2.45, 2.75) is 25.4 Å². The van der Waals surface area contributed by atoms with Crippen LogP contribution in [0.1, 0.15) is 29.6 Å². The summed E-state index contributed by atoms with van der Waals surface area (Å²) in [5.41, 5.74) is 11.4. The highest BCUT2D eigenvalue weighted by molar-refractivity contribution is 6.08. The van der Waals surface area contributed by atoms with E-state index in [1.807, 2.05) is 0 Å². The lowest BCUT2D eigenvalue weighted by Gasteiger charge is -2.26. The van der Waals surface area contributed by atoms with E-state index >= 15 is 0 Å². The lowest BCUT2D eigenvalue weighted by Crippen LogP contribution is -2.24. The Morgan fingerprint density at radius 3 is 2.55 bits per heavy atom. The average molecular weight is 273 g/mol. The molecule has 0 aliphatic heterocycles. The van der Waals surface area contributed by atoms with Crippen molar-refractivity contribution >= 4 is 22.8 Å². The van der Waals surface area contributed by atoms with Gasteiger partial charge < -0.3 is 16.2 Å². The predicted molar refractivity (Wildman–Crippen MR) is 73.7 cm³/mol. The van der Waals surface area contributed by atoms with Gasteiger partial charge >= 0.3 is 6.03 Å². The third-order valence-corrected chi connectivity index (χ3v) is 3.63. The number of carbonyl (C=O) groups is 2. The van der Waals surface area contributed by atoms with Gasteiger partial charge in [0.25, 0.3) is 5.91 Å². The minimum absolute atomic E-state index is 0.236. The molecule has 1 heterocycles. The highest BCUT2D eigenvalue weighted by Gasteiger charge is 2.20. The Bertz CT molecular complexity index is 701. The number of rotatable bonds is 3. The summed E-state index contributed by atoms with van der Waals surface area (Å²) in [6.07, 6.45) is 4.86. The van der Waals surface area contributed by atoms with Crippen LogP contribution in [0.5, 0.6) is 5.75 Å². The summed E-state index contributed by atoms with van der Waals surface area (Å²) in [5.74, 6) is 0.0708. The Balaban J connectivity index is 2.08. The lowest BCUT2D eigenvalue weighted by atomic mass is 9.96. The molecule has 6 nitrogen and oxygen atoms in total. The highest BCUT2D eigenvalue weighted by Crippen LogP contribution is 2.29. The first-order valence-electron chi connectivity index (χ1n) is 6.47. The number of primary amides is 2. The molecule has 0 atom stereocenters. The molecule has 3 rings (SSSR count). The Morgan fingerprint density at radius 1 is 1.25 bits per heavy atom. The molecule has 1 saturated carbocycles. The molecule has 1 aromatic carbocycles. The molecule has 1 aromatic heterocycles. The first-order chi connectivity index (χ1) is 9.56. The zero-order valence-corrected chi connectivity index (χ0v) is 10.8. The monoisotopic (exact) mass is 273 g/mol. The van der Waals surface area contributed by atoms with Crippen LogP contribution in [0, 0.1) is 0 Å². The zero-order valence-electron chi connectivity index (χ0n) is 10.8. The number of ether oxygens (including phenoxy) is 1. The summed E-state index contributed by atoms with van der Waals surface area (Å²) < 4.78 is 6.99. The van der Waals surface area contributed by atoms with Crippen molar-refractivity contribution in [2.24, 2.45) is 11.5 Å². The van der Waals surface area contributed by atoms with E-state index in [4.69, 9.17) is 16.2 Å².